The van der Waals surface area contributed by atoms with E-state index in [-0.39, 0.29) is 5.91 Å². The molecule has 6 heteroatoms. The second kappa shape index (κ2) is 9.28. The molecule has 1 aliphatic heterocycles. The quantitative estimate of drug-likeness (QED) is 0.617. The lowest BCUT2D eigenvalue weighted by Crippen LogP contribution is -2.56. The first-order valence-corrected chi connectivity index (χ1v) is 7.23. The van der Waals surface area contributed by atoms with Crippen molar-refractivity contribution >= 4 is 5.91 Å². The Balaban J connectivity index is 2.67. The second-order valence-corrected chi connectivity index (χ2v) is 5.08. The maximum absolute atomic E-state index is 12.8. The van der Waals surface area contributed by atoms with Crippen molar-refractivity contribution in [1.29, 1.82) is 0 Å². The van der Waals surface area contributed by atoms with Crippen LogP contribution < -0.4 is 5.32 Å². The fourth-order valence-corrected chi connectivity index (χ4v) is 2.54. The predicted molar refractivity (Wildman–Crippen MR) is 76.8 cm³/mol. The van der Waals surface area contributed by atoms with Crippen molar-refractivity contribution in [2.75, 3.05) is 60.7 Å². The molecular weight excluding hydrogens is 260 g/mol. The Kier molecular flexibility index (Phi) is 8.06. The molecular formula is C14H28N2O4. The maximum Gasteiger partial charge on any atom is 0.254 e. The monoisotopic (exact) mass is 288 g/mol. The molecule has 0 saturated carbocycles. The Morgan fingerprint density at radius 3 is 2.30 bits per heavy atom. The van der Waals surface area contributed by atoms with E-state index in [1.54, 1.807) is 21.3 Å². The van der Waals surface area contributed by atoms with Crippen molar-refractivity contribution in [3.05, 3.63) is 0 Å². The Morgan fingerprint density at radius 1 is 1.10 bits per heavy atom. The first-order valence-electron chi connectivity index (χ1n) is 7.23. The molecule has 0 spiro atoms. The van der Waals surface area contributed by atoms with Crippen LogP contribution in [0.2, 0.25) is 0 Å². The minimum atomic E-state index is -0.675. The number of rotatable bonds is 9. The summed E-state index contributed by atoms with van der Waals surface area (Å²) in [5, 5.41) is 3.27. The van der Waals surface area contributed by atoms with Crippen LogP contribution in [0.4, 0.5) is 0 Å². The highest BCUT2D eigenvalue weighted by atomic mass is 16.5. The highest BCUT2D eigenvalue weighted by Gasteiger charge is 2.42. The number of hydrogen-bond donors (Lipinski definition) is 1. The van der Waals surface area contributed by atoms with Crippen LogP contribution in [0.15, 0.2) is 0 Å². The van der Waals surface area contributed by atoms with Gasteiger partial charge in [0.1, 0.15) is 5.60 Å². The van der Waals surface area contributed by atoms with Gasteiger partial charge in [0.2, 0.25) is 0 Å². The van der Waals surface area contributed by atoms with E-state index in [1.807, 2.05) is 4.90 Å². The van der Waals surface area contributed by atoms with Gasteiger partial charge < -0.3 is 24.4 Å². The van der Waals surface area contributed by atoms with Crippen LogP contribution in [-0.4, -0.2) is 77.1 Å². The van der Waals surface area contributed by atoms with Gasteiger partial charge in [-0.25, -0.2) is 0 Å². The number of carbonyl (C=O) groups is 1. The molecule has 0 aromatic rings. The van der Waals surface area contributed by atoms with E-state index >= 15 is 0 Å². The lowest BCUT2D eigenvalue weighted by atomic mass is 9.90. The number of hydrogen-bond acceptors (Lipinski definition) is 5. The summed E-state index contributed by atoms with van der Waals surface area (Å²) in [6.45, 7) is 4.09. The molecule has 1 amide bonds. The van der Waals surface area contributed by atoms with Crippen molar-refractivity contribution < 1.29 is 19.0 Å². The van der Waals surface area contributed by atoms with Crippen LogP contribution in [0, 0.1) is 0 Å². The zero-order valence-electron chi connectivity index (χ0n) is 12.9. The summed E-state index contributed by atoms with van der Waals surface area (Å²) in [6, 6.07) is 0. The molecule has 0 aliphatic carbocycles. The summed E-state index contributed by atoms with van der Waals surface area (Å²) in [5.74, 6) is 0.0784. The summed E-state index contributed by atoms with van der Waals surface area (Å²) < 4.78 is 15.8. The molecule has 0 aromatic heterocycles. The van der Waals surface area contributed by atoms with Gasteiger partial charge in [-0.1, -0.05) is 0 Å². The van der Waals surface area contributed by atoms with Gasteiger partial charge in [0, 0.05) is 41.0 Å². The molecule has 0 unspecified atom stereocenters. The first kappa shape index (κ1) is 17.4. The Hall–Kier alpha value is -0.690. The Bertz CT molecular complexity index is 280. The van der Waals surface area contributed by atoms with E-state index in [0.717, 1.165) is 32.4 Å². The zero-order chi connectivity index (χ0) is 14.8. The van der Waals surface area contributed by atoms with E-state index in [2.05, 4.69) is 5.32 Å². The Labute approximate surface area is 121 Å². The number of nitrogens with zero attached hydrogens (tertiary/aromatic N) is 1. The number of carbonyl (C=O) groups excluding carboxylic acids is 1. The molecule has 0 radical (unpaired) electrons. The van der Waals surface area contributed by atoms with Crippen LogP contribution in [0.25, 0.3) is 0 Å². The van der Waals surface area contributed by atoms with E-state index in [9.17, 15) is 4.79 Å². The van der Waals surface area contributed by atoms with Gasteiger partial charge in [-0.05, 0) is 32.4 Å². The van der Waals surface area contributed by atoms with Gasteiger partial charge in [-0.3, -0.25) is 4.79 Å². The van der Waals surface area contributed by atoms with Crippen molar-refractivity contribution in [3.8, 4) is 0 Å². The lowest BCUT2D eigenvalue weighted by Gasteiger charge is -2.39. The number of methoxy groups -OCH3 is 3. The largest absolute Gasteiger partial charge is 0.385 e. The maximum atomic E-state index is 12.8. The summed E-state index contributed by atoms with van der Waals surface area (Å²) in [7, 11) is 4.95. The normalized spacial score (nSPS) is 17.9. The zero-order valence-corrected chi connectivity index (χ0v) is 12.9. The topological polar surface area (TPSA) is 60.0 Å². The molecule has 0 atom stereocenters. The van der Waals surface area contributed by atoms with E-state index < -0.39 is 5.60 Å². The molecule has 1 heterocycles. The van der Waals surface area contributed by atoms with Crippen LogP contribution in [0.3, 0.4) is 0 Å². The second-order valence-electron chi connectivity index (χ2n) is 5.08. The Morgan fingerprint density at radius 2 is 1.75 bits per heavy atom. The van der Waals surface area contributed by atoms with Crippen LogP contribution in [-0.2, 0) is 19.0 Å². The molecule has 0 aromatic carbocycles. The van der Waals surface area contributed by atoms with E-state index in [1.165, 1.54) is 0 Å². The number of ether oxygens (including phenoxy) is 3. The molecule has 1 aliphatic rings. The average molecular weight is 288 g/mol. The summed E-state index contributed by atoms with van der Waals surface area (Å²) in [5.41, 5.74) is -0.675. The molecule has 6 nitrogen and oxygen atoms in total. The smallest absolute Gasteiger partial charge is 0.254 e. The minimum absolute atomic E-state index is 0.0784. The van der Waals surface area contributed by atoms with E-state index in [0.29, 0.717) is 26.3 Å². The molecule has 118 valence electrons. The van der Waals surface area contributed by atoms with Gasteiger partial charge in [-0.2, -0.15) is 0 Å². The van der Waals surface area contributed by atoms with Crippen molar-refractivity contribution in [2.24, 2.45) is 0 Å². The highest BCUT2D eigenvalue weighted by molar-refractivity contribution is 5.85. The van der Waals surface area contributed by atoms with Gasteiger partial charge >= 0.3 is 0 Å². The standard InChI is InChI=1S/C14H28N2O4/c1-18-11-4-9-16(10-12-19-2)13(17)14(20-3)5-7-15-8-6-14/h15H,4-12H2,1-3H3. The van der Waals surface area contributed by atoms with Crippen LogP contribution >= 0.6 is 0 Å². The van der Waals surface area contributed by atoms with Crippen LogP contribution in [0.5, 0.6) is 0 Å². The van der Waals surface area contributed by atoms with Gasteiger partial charge in [-0.15, -0.1) is 0 Å². The SMILES string of the molecule is COCCCN(CCOC)C(=O)C1(OC)CCNCC1. The summed E-state index contributed by atoms with van der Waals surface area (Å²) in [6.07, 6.45) is 2.26. The predicted octanol–water partition coefficient (Wildman–Crippen LogP) is 0.267. The number of piperidine rings is 1. The number of nitrogens with one attached hydrogen (secondary N) is 1. The van der Waals surface area contributed by atoms with Crippen LogP contribution in [0.1, 0.15) is 19.3 Å². The molecule has 20 heavy (non-hydrogen) atoms. The fraction of sp³-hybridized carbons (Fsp3) is 0.929. The molecule has 1 N–H and O–H groups in total. The van der Waals surface area contributed by atoms with Crippen molar-refractivity contribution in [3.63, 3.8) is 0 Å². The molecule has 1 saturated heterocycles. The highest BCUT2D eigenvalue weighted by Crippen LogP contribution is 2.25. The minimum Gasteiger partial charge on any atom is -0.385 e. The fourth-order valence-electron chi connectivity index (χ4n) is 2.54. The van der Waals surface area contributed by atoms with Gasteiger partial charge in [0.05, 0.1) is 6.61 Å². The summed E-state index contributed by atoms with van der Waals surface area (Å²) in [4.78, 5) is 14.7. The third kappa shape index (κ3) is 4.70. The average Bonchev–Trinajstić information content (AvgIpc) is 2.50. The molecule has 1 fully saturated rings. The molecule has 1 rings (SSSR count). The van der Waals surface area contributed by atoms with Gasteiger partial charge in [0.15, 0.2) is 0 Å². The van der Waals surface area contributed by atoms with Crippen molar-refractivity contribution in [1.82, 2.24) is 10.2 Å². The van der Waals surface area contributed by atoms with Crippen molar-refractivity contribution in [2.45, 2.75) is 24.9 Å². The third-order valence-corrected chi connectivity index (χ3v) is 3.82. The third-order valence-electron chi connectivity index (χ3n) is 3.82. The first-order chi connectivity index (χ1) is 9.70. The summed E-state index contributed by atoms with van der Waals surface area (Å²) >= 11 is 0. The number of amides is 1. The molecule has 0 bridgehead atoms. The van der Waals surface area contributed by atoms with Gasteiger partial charge in [0.25, 0.3) is 5.91 Å². The van der Waals surface area contributed by atoms with E-state index in [4.69, 9.17) is 14.2 Å². The lowest BCUT2D eigenvalue weighted by molar-refractivity contribution is -0.159.